The van der Waals surface area contributed by atoms with Gasteiger partial charge >= 0.3 is 0 Å². The van der Waals surface area contributed by atoms with Gasteiger partial charge < -0.3 is 4.74 Å². The molecule has 0 fully saturated rings. The zero-order valence-electron chi connectivity index (χ0n) is 10.6. The first-order valence-electron chi connectivity index (χ1n) is 5.95. The van der Waals surface area contributed by atoms with Crippen molar-refractivity contribution in [2.45, 2.75) is 0 Å². The molecule has 0 aliphatic heterocycles. The minimum Gasteiger partial charge on any atom is -0.480 e. The number of aromatic nitrogens is 2. The van der Waals surface area contributed by atoms with Gasteiger partial charge in [-0.05, 0) is 30.3 Å². The van der Waals surface area contributed by atoms with E-state index in [1.807, 2.05) is 30.3 Å². The van der Waals surface area contributed by atoms with Crippen LogP contribution in [0.2, 0.25) is 10.0 Å². The van der Waals surface area contributed by atoms with Crippen LogP contribution in [0.3, 0.4) is 0 Å². The highest BCUT2D eigenvalue weighted by molar-refractivity contribution is 6.42. The monoisotopic (exact) mass is 304 g/mol. The molecule has 3 rings (SSSR count). The lowest BCUT2D eigenvalue weighted by molar-refractivity contribution is 0.403. The second-order valence-electron chi connectivity index (χ2n) is 4.20. The van der Waals surface area contributed by atoms with Crippen molar-refractivity contribution >= 4 is 34.1 Å². The molecule has 100 valence electrons. The maximum Gasteiger partial charge on any atom is 0.224 e. The quantitative estimate of drug-likeness (QED) is 0.693. The van der Waals surface area contributed by atoms with Crippen LogP contribution in [0.15, 0.2) is 42.5 Å². The molecule has 1 aromatic heterocycles. The minimum absolute atomic E-state index is 0.472. The molecule has 0 amide bonds. The molecule has 0 saturated heterocycles. The standard InChI is InChI=1S/C15H10Cl2N2O/c1-20-15-10-4-2-3-5-13(10)18-14(19-15)9-6-7-11(16)12(17)8-9/h2-8H,1H3. The average Bonchev–Trinajstić information content (AvgIpc) is 2.49. The average molecular weight is 305 g/mol. The molecular weight excluding hydrogens is 295 g/mol. The van der Waals surface area contributed by atoms with E-state index >= 15 is 0 Å². The van der Waals surface area contributed by atoms with Gasteiger partial charge in [0.1, 0.15) is 0 Å². The van der Waals surface area contributed by atoms with Crippen LogP contribution in [0.4, 0.5) is 0 Å². The Morgan fingerprint density at radius 1 is 0.950 bits per heavy atom. The topological polar surface area (TPSA) is 35.0 Å². The smallest absolute Gasteiger partial charge is 0.224 e. The molecule has 0 N–H and O–H groups in total. The highest BCUT2D eigenvalue weighted by atomic mass is 35.5. The lowest BCUT2D eigenvalue weighted by Gasteiger charge is -2.08. The van der Waals surface area contributed by atoms with E-state index in [4.69, 9.17) is 27.9 Å². The number of hydrogen-bond acceptors (Lipinski definition) is 3. The summed E-state index contributed by atoms with van der Waals surface area (Å²) in [7, 11) is 1.59. The van der Waals surface area contributed by atoms with Crippen molar-refractivity contribution in [3.63, 3.8) is 0 Å². The summed E-state index contributed by atoms with van der Waals surface area (Å²) in [4.78, 5) is 8.96. The van der Waals surface area contributed by atoms with Crippen LogP contribution in [0.5, 0.6) is 5.88 Å². The number of rotatable bonds is 2. The van der Waals surface area contributed by atoms with Gasteiger partial charge in [0.15, 0.2) is 5.82 Å². The van der Waals surface area contributed by atoms with Crippen LogP contribution in [-0.4, -0.2) is 17.1 Å². The van der Waals surface area contributed by atoms with Crippen molar-refractivity contribution in [1.82, 2.24) is 9.97 Å². The van der Waals surface area contributed by atoms with Crippen LogP contribution in [0.1, 0.15) is 0 Å². The molecule has 0 aliphatic carbocycles. The third-order valence-corrected chi connectivity index (χ3v) is 3.68. The van der Waals surface area contributed by atoms with Gasteiger partial charge in [-0.3, -0.25) is 0 Å². The predicted octanol–water partition coefficient (Wildman–Crippen LogP) is 4.61. The summed E-state index contributed by atoms with van der Waals surface area (Å²) in [6.07, 6.45) is 0. The van der Waals surface area contributed by atoms with Crippen LogP contribution < -0.4 is 4.74 Å². The van der Waals surface area contributed by atoms with Crippen molar-refractivity contribution in [3.8, 4) is 17.3 Å². The first-order chi connectivity index (χ1) is 9.69. The lowest BCUT2D eigenvalue weighted by Crippen LogP contribution is -1.95. The molecule has 1 heterocycles. The predicted molar refractivity (Wildman–Crippen MR) is 81.5 cm³/mol. The van der Waals surface area contributed by atoms with Gasteiger partial charge in [0.05, 0.1) is 28.1 Å². The Balaban J connectivity index is 2.23. The molecule has 0 saturated carbocycles. The molecule has 0 unspecified atom stereocenters. The van der Waals surface area contributed by atoms with Gasteiger partial charge in [-0.1, -0.05) is 35.3 Å². The summed E-state index contributed by atoms with van der Waals surface area (Å²) in [6, 6.07) is 13.0. The van der Waals surface area contributed by atoms with Gasteiger partial charge in [0.2, 0.25) is 5.88 Å². The van der Waals surface area contributed by atoms with E-state index in [0.717, 1.165) is 16.5 Å². The van der Waals surface area contributed by atoms with Crippen LogP contribution in [0, 0.1) is 0 Å². The molecule has 0 atom stereocenters. The number of ether oxygens (including phenoxy) is 1. The fourth-order valence-corrected chi connectivity index (χ4v) is 2.27. The Labute approximate surface area is 126 Å². The third-order valence-electron chi connectivity index (χ3n) is 2.94. The molecule has 5 heteroatoms. The van der Waals surface area contributed by atoms with E-state index < -0.39 is 0 Å². The number of hydrogen-bond donors (Lipinski definition) is 0. The van der Waals surface area contributed by atoms with E-state index in [9.17, 15) is 0 Å². The summed E-state index contributed by atoms with van der Waals surface area (Å²) >= 11 is 12.0. The molecular formula is C15H10Cl2N2O. The highest BCUT2D eigenvalue weighted by Crippen LogP contribution is 2.30. The van der Waals surface area contributed by atoms with Gasteiger partial charge in [0.25, 0.3) is 0 Å². The van der Waals surface area contributed by atoms with Crippen molar-refractivity contribution in [2.75, 3.05) is 7.11 Å². The van der Waals surface area contributed by atoms with Crippen molar-refractivity contribution in [3.05, 3.63) is 52.5 Å². The summed E-state index contributed by atoms with van der Waals surface area (Å²) in [6.45, 7) is 0. The fourth-order valence-electron chi connectivity index (χ4n) is 1.97. The van der Waals surface area contributed by atoms with E-state index in [1.165, 1.54) is 0 Å². The Kier molecular flexibility index (Phi) is 3.47. The number of benzene rings is 2. The number of halogens is 2. The number of nitrogens with zero attached hydrogens (tertiary/aromatic N) is 2. The number of fused-ring (bicyclic) bond motifs is 1. The second kappa shape index (κ2) is 5.27. The first-order valence-corrected chi connectivity index (χ1v) is 6.71. The molecule has 20 heavy (non-hydrogen) atoms. The summed E-state index contributed by atoms with van der Waals surface area (Å²) < 4.78 is 5.33. The largest absolute Gasteiger partial charge is 0.480 e. The molecule has 0 radical (unpaired) electrons. The normalized spacial score (nSPS) is 10.8. The first kappa shape index (κ1) is 13.2. The molecule has 3 aromatic rings. The summed E-state index contributed by atoms with van der Waals surface area (Å²) in [5.74, 6) is 1.09. The van der Waals surface area contributed by atoms with E-state index in [2.05, 4.69) is 9.97 Å². The molecule has 2 aromatic carbocycles. The second-order valence-corrected chi connectivity index (χ2v) is 5.02. The zero-order chi connectivity index (χ0) is 14.1. The van der Waals surface area contributed by atoms with Crippen molar-refractivity contribution in [1.29, 1.82) is 0 Å². The van der Waals surface area contributed by atoms with Crippen LogP contribution in [0.25, 0.3) is 22.3 Å². The molecule has 0 aliphatic rings. The van der Waals surface area contributed by atoms with E-state index in [1.54, 1.807) is 19.2 Å². The Morgan fingerprint density at radius 2 is 1.75 bits per heavy atom. The SMILES string of the molecule is COc1nc(-c2ccc(Cl)c(Cl)c2)nc2ccccc12. The Morgan fingerprint density at radius 3 is 2.50 bits per heavy atom. The molecule has 3 nitrogen and oxygen atoms in total. The summed E-state index contributed by atoms with van der Waals surface area (Å²) in [5.41, 5.74) is 1.61. The fraction of sp³-hybridized carbons (Fsp3) is 0.0667. The van der Waals surface area contributed by atoms with Gasteiger partial charge in [0, 0.05) is 5.56 Å². The van der Waals surface area contributed by atoms with Gasteiger partial charge in [-0.15, -0.1) is 0 Å². The van der Waals surface area contributed by atoms with Gasteiger partial charge in [-0.25, -0.2) is 4.98 Å². The maximum absolute atomic E-state index is 6.04. The van der Waals surface area contributed by atoms with Crippen molar-refractivity contribution < 1.29 is 4.74 Å². The van der Waals surface area contributed by atoms with Crippen molar-refractivity contribution in [2.24, 2.45) is 0 Å². The highest BCUT2D eigenvalue weighted by Gasteiger charge is 2.10. The Hall–Kier alpha value is -1.84. The number of para-hydroxylation sites is 1. The van der Waals surface area contributed by atoms with E-state index in [-0.39, 0.29) is 0 Å². The molecule has 0 spiro atoms. The van der Waals surface area contributed by atoms with Crippen LogP contribution >= 0.6 is 23.2 Å². The van der Waals surface area contributed by atoms with Crippen LogP contribution in [-0.2, 0) is 0 Å². The van der Waals surface area contributed by atoms with E-state index in [0.29, 0.717) is 21.7 Å². The van der Waals surface area contributed by atoms with Gasteiger partial charge in [-0.2, -0.15) is 4.98 Å². The lowest BCUT2D eigenvalue weighted by atomic mass is 10.2. The Bertz CT molecular complexity index is 790. The summed E-state index contributed by atoms with van der Waals surface area (Å²) in [5, 5.41) is 1.85. The molecule has 0 bridgehead atoms. The number of methoxy groups -OCH3 is 1. The maximum atomic E-state index is 6.04. The zero-order valence-corrected chi connectivity index (χ0v) is 12.1. The third kappa shape index (κ3) is 2.30. The minimum atomic E-state index is 0.472.